The zero-order chi connectivity index (χ0) is 19.6. The Morgan fingerprint density at radius 2 is 1.67 bits per heavy atom. The molecule has 3 aromatic rings. The van der Waals surface area contributed by atoms with Gasteiger partial charge in [0, 0.05) is 5.56 Å². The Labute approximate surface area is 162 Å². The molecular formula is C21H23N3O2S. The Hall–Kier alpha value is -2.73. The highest BCUT2D eigenvalue weighted by Gasteiger charge is 2.25. The third-order valence-electron chi connectivity index (χ3n) is 4.32. The molecule has 140 valence electrons. The van der Waals surface area contributed by atoms with Gasteiger partial charge in [-0.05, 0) is 49.6 Å². The third kappa shape index (κ3) is 4.52. The number of amides is 2. The second kappa shape index (κ2) is 7.88. The fraction of sp³-hybridized carbons (Fsp3) is 0.286. The topological polar surface area (TPSA) is 71.1 Å². The molecule has 6 heteroatoms. The van der Waals surface area contributed by atoms with Crippen LogP contribution in [0.1, 0.15) is 35.3 Å². The van der Waals surface area contributed by atoms with Crippen molar-refractivity contribution in [3.63, 3.8) is 0 Å². The lowest BCUT2D eigenvalue weighted by molar-refractivity contribution is -0.118. The lowest BCUT2D eigenvalue weighted by Gasteiger charge is -2.21. The van der Waals surface area contributed by atoms with Gasteiger partial charge < -0.3 is 10.6 Å². The summed E-state index contributed by atoms with van der Waals surface area (Å²) in [5, 5.41) is 6.23. The summed E-state index contributed by atoms with van der Waals surface area (Å²) in [6.07, 6.45) is 0. The van der Waals surface area contributed by atoms with Gasteiger partial charge in [0.05, 0.1) is 10.2 Å². The summed E-state index contributed by atoms with van der Waals surface area (Å²) in [5.74, 6) is -0.582. The zero-order valence-corrected chi connectivity index (χ0v) is 16.7. The maximum absolute atomic E-state index is 12.8. The first-order chi connectivity index (χ1) is 12.8. The summed E-state index contributed by atoms with van der Waals surface area (Å²) >= 11 is 1.43. The molecule has 0 bridgehead atoms. The van der Waals surface area contributed by atoms with Crippen molar-refractivity contribution in [1.29, 1.82) is 0 Å². The highest BCUT2D eigenvalue weighted by Crippen LogP contribution is 2.27. The monoisotopic (exact) mass is 381 g/mol. The SMILES string of the molecule is Cc1ccc(C(=O)NC(C(=O)Nc2nc3ccc(C)cc3s2)C(C)C)cc1. The van der Waals surface area contributed by atoms with Gasteiger partial charge in [-0.25, -0.2) is 4.98 Å². The number of aromatic nitrogens is 1. The van der Waals surface area contributed by atoms with Gasteiger partial charge in [0.25, 0.3) is 5.91 Å². The molecule has 1 unspecified atom stereocenters. The van der Waals surface area contributed by atoms with Gasteiger partial charge in [-0.15, -0.1) is 0 Å². The molecule has 1 aromatic heterocycles. The van der Waals surface area contributed by atoms with E-state index >= 15 is 0 Å². The highest BCUT2D eigenvalue weighted by atomic mass is 32.1. The number of benzene rings is 2. The van der Waals surface area contributed by atoms with Crippen molar-refractivity contribution in [2.75, 3.05) is 5.32 Å². The number of nitrogens with one attached hydrogen (secondary N) is 2. The molecule has 0 aliphatic rings. The van der Waals surface area contributed by atoms with E-state index in [1.54, 1.807) is 12.1 Å². The average molecular weight is 382 g/mol. The number of carbonyl (C=O) groups is 2. The van der Waals surface area contributed by atoms with Gasteiger partial charge in [0.2, 0.25) is 5.91 Å². The number of thiazole rings is 1. The molecule has 1 heterocycles. The largest absolute Gasteiger partial charge is 0.340 e. The van der Waals surface area contributed by atoms with E-state index in [4.69, 9.17) is 0 Å². The van der Waals surface area contributed by atoms with Crippen LogP contribution in [0.5, 0.6) is 0 Å². The Bertz CT molecular complexity index is 977. The van der Waals surface area contributed by atoms with Gasteiger partial charge in [0.15, 0.2) is 5.13 Å². The quantitative estimate of drug-likeness (QED) is 0.692. The molecular weight excluding hydrogens is 358 g/mol. The molecule has 3 rings (SSSR count). The average Bonchev–Trinajstić information content (AvgIpc) is 3.00. The van der Waals surface area contributed by atoms with E-state index in [0.29, 0.717) is 10.7 Å². The Balaban J connectivity index is 1.74. The Morgan fingerprint density at radius 3 is 2.33 bits per heavy atom. The van der Waals surface area contributed by atoms with Crippen LogP contribution in [-0.2, 0) is 4.79 Å². The van der Waals surface area contributed by atoms with Gasteiger partial charge in [-0.3, -0.25) is 9.59 Å². The van der Waals surface area contributed by atoms with Gasteiger partial charge in [0.1, 0.15) is 6.04 Å². The van der Waals surface area contributed by atoms with Crippen LogP contribution in [0.4, 0.5) is 5.13 Å². The van der Waals surface area contributed by atoms with Crippen molar-refractivity contribution in [3.05, 3.63) is 59.2 Å². The van der Waals surface area contributed by atoms with E-state index in [2.05, 4.69) is 15.6 Å². The predicted molar refractivity (Wildman–Crippen MR) is 110 cm³/mol. The molecule has 0 saturated carbocycles. The minimum absolute atomic E-state index is 0.0592. The number of fused-ring (bicyclic) bond motifs is 1. The van der Waals surface area contributed by atoms with E-state index in [-0.39, 0.29) is 17.7 Å². The summed E-state index contributed by atoms with van der Waals surface area (Å²) in [6.45, 7) is 7.79. The van der Waals surface area contributed by atoms with E-state index < -0.39 is 6.04 Å². The van der Waals surface area contributed by atoms with Crippen LogP contribution in [0.15, 0.2) is 42.5 Å². The van der Waals surface area contributed by atoms with Crippen molar-refractivity contribution in [1.82, 2.24) is 10.3 Å². The number of carbonyl (C=O) groups excluding carboxylic acids is 2. The normalized spacial score (nSPS) is 12.2. The highest BCUT2D eigenvalue weighted by molar-refractivity contribution is 7.22. The molecule has 0 radical (unpaired) electrons. The first-order valence-corrected chi connectivity index (χ1v) is 9.70. The summed E-state index contributed by atoms with van der Waals surface area (Å²) in [7, 11) is 0. The van der Waals surface area contributed by atoms with E-state index in [0.717, 1.165) is 21.3 Å². The molecule has 2 N–H and O–H groups in total. The number of hydrogen-bond donors (Lipinski definition) is 2. The first kappa shape index (κ1) is 19.0. The van der Waals surface area contributed by atoms with Crippen LogP contribution < -0.4 is 10.6 Å². The molecule has 1 atom stereocenters. The van der Waals surface area contributed by atoms with Crippen molar-refractivity contribution < 1.29 is 9.59 Å². The summed E-state index contributed by atoms with van der Waals surface area (Å²) < 4.78 is 1.02. The van der Waals surface area contributed by atoms with Crippen LogP contribution in [0.25, 0.3) is 10.2 Å². The third-order valence-corrected chi connectivity index (χ3v) is 5.26. The molecule has 0 aliphatic carbocycles. The van der Waals surface area contributed by atoms with Crippen LogP contribution in [-0.4, -0.2) is 22.8 Å². The number of hydrogen-bond acceptors (Lipinski definition) is 4. The molecule has 27 heavy (non-hydrogen) atoms. The van der Waals surface area contributed by atoms with Crippen LogP contribution in [0.3, 0.4) is 0 Å². The van der Waals surface area contributed by atoms with E-state index in [9.17, 15) is 9.59 Å². The molecule has 2 aromatic carbocycles. The smallest absolute Gasteiger partial charge is 0.251 e. The van der Waals surface area contributed by atoms with Crippen molar-refractivity contribution in [2.24, 2.45) is 5.92 Å². The summed E-state index contributed by atoms with van der Waals surface area (Å²) in [6, 6.07) is 12.6. The maximum atomic E-state index is 12.8. The van der Waals surface area contributed by atoms with E-state index in [1.807, 2.05) is 58.0 Å². The number of anilines is 1. The number of rotatable bonds is 5. The molecule has 0 aliphatic heterocycles. The van der Waals surface area contributed by atoms with Crippen molar-refractivity contribution >= 4 is 38.5 Å². The minimum Gasteiger partial charge on any atom is -0.340 e. The summed E-state index contributed by atoms with van der Waals surface area (Å²) in [4.78, 5) is 29.7. The Kier molecular flexibility index (Phi) is 5.56. The molecule has 0 saturated heterocycles. The summed E-state index contributed by atoms with van der Waals surface area (Å²) in [5.41, 5.74) is 3.62. The van der Waals surface area contributed by atoms with Gasteiger partial charge >= 0.3 is 0 Å². The van der Waals surface area contributed by atoms with Crippen LogP contribution in [0.2, 0.25) is 0 Å². The predicted octanol–water partition coefficient (Wildman–Crippen LogP) is 4.31. The Morgan fingerprint density at radius 1 is 1.00 bits per heavy atom. The van der Waals surface area contributed by atoms with Crippen LogP contribution >= 0.6 is 11.3 Å². The van der Waals surface area contributed by atoms with Crippen molar-refractivity contribution in [3.8, 4) is 0 Å². The maximum Gasteiger partial charge on any atom is 0.251 e. The lowest BCUT2D eigenvalue weighted by atomic mass is 10.0. The fourth-order valence-corrected chi connectivity index (χ4v) is 3.70. The molecule has 5 nitrogen and oxygen atoms in total. The molecule has 0 spiro atoms. The number of aryl methyl sites for hydroxylation is 2. The van der Waals surface area contributed by atoms with E-state index in [1.165, 1.54) is 11.3 Å². The first-order valence-electron chi connectivity index (χ1n) is 8.89. The molecule has 2 amide bonds. The minimum atomic E-state index is -0.646. The van der Waals surface area contributed by atoms with Gasteiger partial charge in [-0.1, -0.05) is 48.9 Å². The standard InChI is InChI=1S/C21H23N3O2S/c1-12(2)18(23-19(25)15-8-5-13(3)6-9-15)20(26)24-21-22-16-10-7-14(4)11-17(16)27-21/h5-12,18H,1-4H3,(H,23,25)(H,22,24,26). The second-order valence-corrected chi connectivity index (χ2v) is 8.07. The lowest BCUT2D eigenvalue weighted by Crippen LogP contribution is -2.47. The van der Waals surface area contributed by atoms with Gasteiger partial charge in [-0.2, -0.15) is 0 Å². The van der Waals surface area contributed by atoms with Crippen LogP contribution in [0, 0.1) is 19.8 Å². The zero-order valence-electron chi connectivity index (χ0n) is 15.9. The fourth-order valence-electron chi connectivity index (χ4n) is 2.73. The number of nitrogens with zero attached hydrogens (tertiary/aromatic N) is 1. The second-order valence-electron chi connectivity index (χ2n) is 7.04. The van der Waals surface area contributed by atoms with Crippen molar-refractivity contribution in [2.45, 2.75) is 33.7 Å². The molecule has 0 fully saturated rings.